The molecular formula is C18H17Cl2N3O4. The van der Waals surface area contributed by atoms with Crippen LogP contribution in [0.5, 0.6) is 5.75 Å². The number of nitro groups is 1. The van der Waals surface area contributed by atoms with Gasteiger partial charge in [0.15, 0.2) is 6.61 Å². The summed E-state index contributed by atoms with van der Waals surface area (Å²) in [7, 11) is 0. The smallest absolute Gasteiger partial charge is 0.294 e. The van der Waals surface area contributed by atoms with E-state index in [4.69, 9.17) is 27.9 Å². The maximum atomic E-state index is 12.4. The van der Waals surface area contributed by atoms with Gasteiger partial charge >= 0.3 is 0 Å². The summed E-state index contributed by atoms with van der Waals surface area (Å²) in [4.78, 5) is 26.7. The molecule has 0 N–H and O–H groups in total. The fourth-order valence-electron chi connectivity index (χ4n) is 2.94. The van der Waals surface area contributed by atoms with Crippen molar-refractivity contribution in [3.05, 3.63) is 62.6 Å². The van der Waals surface area contributed by atoms with Gasteiger partial charge in [-0.05, 0) is 18.2 Å². The van der Waals surface area contributed by atoms with Crippen LogP contribution >= 0.6 is 23.2 Å². The molecule has 27 heavy (non-hydrogen) atoms. The number of amides is 1. The van der Waals surface area contributed by atoms with Crippen molar-refractivity contribution >= 4 is 40.5 Å². The Morgan fingerprint density at radius 2 is 1.70 bits per heavy atom. The van der Waals surface area contributed by atoms with E-state index in [0.717, 1.165) is 0 Å². The van der Waals surface area contributed by atoms with Crippen molar-refractivity contribution in [2.24, 2.45) is 0 Å². The van der Waals surface area contributed by atoms with Crippen LogP contribution in [0.1, 0.15) is 0 Å². The van der Waals surface area contributed by atoms with Crippen molar-refractivity contribution in [3.8, 4) is 5.75 Å². The number of nitro benzene ring substituents is 1. The first-order valence-corrected chi connectivity index (χ1v) is 9.06. The van der Waals surface area contributed by atoms with Gasteiger partial charge in [0, 0.05) is 32.2 Å². The summed E-state index contributed by atoms with van der Waals surface area (Å²) < 4.78 is 5.49. The predicted molar refractivity (Wildman–Crippen MR) is 104 cm³/mol. The molecule has 1 aliphatic heterocycles. The SMILES string of the molecule is O=C(COc1ccccc1Cl)N1CCN(c2c(Cl)cccc2[N+](=O)[O-])CC1. The van der Waals surface area contributed by atoms with Gasteiger partial charge in [-0.25, -0.2) is 0 Å². The highest BCUT2D eigenvalue weighted by Gasteiger charge is 2.27. The van der Waals surface area contributed by atoms with E-state index in [2.05, 4.69) is 0 Å². The number of piperazine rings is 1. The highest BCUT2D eigenvalue weighted by atomic mass is 35.5. The summed E-state index contributed by atoms with van der Waals surface area (Å²) in [5.41, 5.74) is 0.355. The van der Waals surface area contributed by atoms with E-state index in [1.807, 2.05) is 4.90 Å². The third-order valence-corrected chi connectivity index (χ3v) is 4.92. The number of hydrogen-bond donors (Lipinski definition) is 0. The highest BCUT2D eigenvalue weighted by molar-refractivity contribution is 6.33. The molecule has 1 heterocycles. The van der Waals surface area contributed by atoms with Crippen molar-refractivity contribution in [3.63, 3.8) is 0 Å². The van der Waals surface area contributed by atoms with Gasteiger partial charge < -0.3 is 14.5 Å². The van der Waals surface area contributed by atoms with Crippen molar-refractivity contribution in [2.75, 3.05) is 37.7 Å². The molecule has 2 aromatic rings. The highest BCUT2D eigenvalue weighted by Crippen LogP contribution is 2.35. The number of nitrogens with zero attached hydrogens (tertiary/aromatic N) is 3. The van der Waals surface area contributed by atoms with Crippen LogP contribution in [0.25, 0.3) is 0 Å². The minimum absolute atomic E-state index is 0.0377. The molecule has 7 nitrogen and oxygen atoms in total. The molecule has 0 spiro atoms. The van der Waals surface area contributed by atoms with E-state index < -0.39 is 4.92 Å². The zero-order chi connectivity index (χ0) is 19.4. The maximum Gasteiger partial charge on any atom is 0.294 e. The first-order chi connectivity index (χ1) is 13.0. The van der Waals surface area contributed by atoms with Crippen molar-refractivity contribution in [1.82, 2.24) is 4.90 Å². The molecule has 142 valence electrons. The third kappa shape index (κ3) is 4.43. The molecular weight excluding hydrogens is 393 g/mol. The molecule has 0 atom stereocenters. The minimum atomic E-state index is -0.448. The van der Waals surface area contributed by atoms with E-state index >= 15 is 0 Å². The lowest BCUT2D eigenvalue weighted by atomic mass is 10.2. The molecule has 1 amide bonds. The van der Waals surface area contributed by atoms with Crippen LogP contribution in [-0.2, 0) is 4.79 Å². The average molecular weight is 410 g/mol. The normalized spacial score (nSPS) is 14.1. The number of benzene rings is 2. The number of halogens is 2. The summed E-state index contributed by atoms with van der Waals surface area (Å²) in [6, 6.07) is 11.6. The summed E-state index contributed by atoms with van der Waals surface area (Å²) in [6.07, 6.45) is 0. The summed E-state index contributed by atoms with van der Waals surface area (Å²) in [5.74, 6) is 0.293. The molecule has 1 saturated heterocycles. The average Bonchev–Trinajstić information content (AvgIpc) is 2.67. The third-order valence-electron chi connectivity index (χ3n) is 4.30. The second-order valence-electron chi connectivity index (χ2n) is 5.95. The monoisotopic (exact) mass is 409 g/mol. The van der Waals surface area contributed by atoms with Gasteiger partial charge in [0.25, 0.3) is 11.6 Å². The lowest BCUT2D eigenvalue weighted by Crippen LogP contribution is -2.50. The number of hydrogen-bond acceptors (Lipinski definition) is 5. The number of carbonyl (C=O) groups is 1. The van der Waals surface area contributed by atoms with Gasteiger partial charge in [0.1, 0.15) is 11.4 Å². The number of para-hydroxylation sites is 2. The van der Waals surface area contributed by atoms with Gasteiger partial charge in [-0.2, -0.15) is 0 Å². The van der Waals surface area contributed by atoms with E-state index in [0.29, 0.717) is 47.7 Å². The molecule has 2 aromatic carbocycles. The molecule has 0 aromatic heterocycles. The second kappa shape index (κ2) is 8.45. The van der Waals surface area contributed by atoms with E-state index in [-0.39, 0.29) is 18.2 Å². The lowest BCUT2D eigenvalue weighted by molar-refractivity contribution is -0.384. The van der Waals surface area contributed by atoms with Gasteiger partial charge in [-0.15, -0.1) is 0 Å². The quantitative estimate of drug-likeness (QED) is 0.556. The van der Waals surface area contributed by atoms with Crippen molar-refractivity contribution in [1.29, 1.82) is 0 Å². The first kappa shape index (κ1) is 19.3. The standard InChI is InChI=1S/C18H17Cl2N3O4/c19-13-4-1-2-7-16(13)27-12-17(24)21-8-10-22(11-9-21)18-14(20)5-3-6-15(18)23(25)26/h1-7H,8-12H2. The summed E-state index contributed by atoms with van der Waals surface area (Å²) in [6.45, 7) is 1.63. The molecule has 0 saturated carbocycles. The zero-order valence-corrected chi connectivity index (χ0v) is 15.8. The van der Waals surface area contributed by atoms with Gasteiger partial charge in [0.05, 0.1) is 15.0 Å². The molecule has 9 heteroatoms. The van der Waals surface area contributed by atoms with Crippen LogP contribution in [0.4, 0.5) is 11.4 Å². The van der Waals surface area contributed by atoms with E-state index in [1.165, 1.54) is 6.07 Å². The molecule has 0 aliphatic carbocycles. The topological polar surface area (TPSA) is 75.9 Å². The Kier molecular flexibility index (Phi) is 6.03. The summed E-state index contributed by atoms with van der Waals surface area (Å²) in [5, 5.41) is 12.0. The Morgan fingerprint density at radius 1 is 1.04 bits per heavy atom. The van der Waals surface area contributed by atoms with Gasteiger partial charge in [-0.3, -0.25) is 14.9 Å². The Bertz CT molecular complexity index is 854. The Balaban J connectivity index is 1.60. The summed E-state index contributed by atoms with van der Waals surface area (Å²) >= 11 is 12.2. The molecule has 1 aliphatic rings. The molecule has 0 bridgehead atoms. The van der Waals surface area contributed by atoms with E-state index in [9.17, 15) is 14.9 Å². The molecule has 3 rings (SSSR count). The van der Waals surface area contributed by atoms with Crippen molar-refractivity contribution < 1.29 is 14.5 Å². The minimum Gasteiger partial charge on any atom is -0.482 e. The largest absolute Gasteiger partial charge is 0.482 e. The second-order valence-corrected chi connectivity index (χ2v) is 6.77. The van der Waals surface area contributed by atoms with Crippen molar-refractivity contribution in [2.45, 2.75) is 0 Å². The number of ether oxygens (including phenoxy) is 1. The zero-order valence-electron chi connectivity index (χ0n) is 14.3. The fraction of sp³-hybridized carbons (Fsp3) is 0.278. The predicted octanol–water partition coefficient (Wildman–Crippen LogP) is 3.63. The Morgan fingerprint density at radius 3 is 2.37 bits per heavy atom. The van der Waals surface area contributed by atoms with Gasteiger partial charge in [-0.1, -0.05) is 41.4 Å². The Hall–Kier alpha value is -2.51. The maximum absolute atomic E-state index is 12.4. The molecule has 1 fully saturated rings. The van der Waals surface area contributed by atoms with Crippen LogP contribution in [0.3, 0.4) is 0 Å². The number of carbonyl (C=O) groups excluding carboxylic acids is 1. The van der Waals surface area contributed by atoms with E-state index in [1.54, 1.807) is 41.3 Å². The first-order valence-electron chi connectivity index (χ1n) is 8.30. The number of rotatable bonds is 5. The van der Waals surface area contributed by atoms with Gasteiger partial charge in [0.2, 0.25) is 0 Å². The van der Waals surface area contributed by atoms with Crippen LogP contribution < -0.4 is 9.64 Å². The fourth-order valence-corrected chi connectivity index (χ4v) is 3.42. The van der Waals surface area contributed by atoms with Crippen LogP contribution in [0.2, 0.25) is 10.0 Å². The lowest BCUT2D eigenvalue weighted by Gasteiger charge is -2.36. The Labute approximate surface area is 166 Å². The van der Waals surface area contributed by atoms with Crippen LogP contribution in [0, 0.1) is 10.1 Å². The van der Waals surface area contributed by atoms with Crippen LogP contribution in [0.15, 0.2) is 42.5 Å². The number of anilines is 1. The van der Waals surface area contributed by atoms with Crippen LogP contribution in [-0.4, -0.2) is 48.5 Å². The molecule has 0 unspecified atom stereocenters. The molecule has 0 radical (unpaired) electrons.